The summed E-state index contributed by atoms with van der Waals surface area (Å²) in [5.74, 6) is 0. The SMILES string of the molecule is CON=C(C(=S)OC)c1ccccc1. The number of ether oxygens (including phenoxy) is 1. The molecule has 0 saturated heterocycles. The van der Waals surface area contributed by atoms with Crippen molar-refractivity contribution in [2.45, 2.75) is 0 Å². The third-order valence-corrected chi connectivity index (χ3v) is 1.97. The molecule has 0 atom stereocenters. The Hall–Kier alpha value is -1.42. The lowest BCUT2D eigenvalue weighted by Gasteiger charge is -2.05. The molecule has 1 aromatic rings. The predicted octanol–water partition coefficient (Wildman–Crippen LogP) is 2.01. The fraction of sp³-hybridized carbons (Fsp3) is 0.200. The Morgan fingerprint density at radius 2 is 1.86 bits per heavy atom. The summed E-state index contributed by atoms with van der Waals surface area (Å²) in [6.45, 7) is 0. The van der Waals surface area contributed by atoms with Crippen LogP contribution in [-0.4, -0.2) is 25.0 Å². The van der Waals surface area contributed by atoms with E-state index in [2.05, 4.69) is 5.16 Å². The van der Waals surface area contributed by atoms with Crippen molar-refractivity contribution in [3.05, 3.63) is 35.9 Å². The van der Waals surface area contributed by atoms with E-state index in [1.165, 1.54) is 14.2 Å². The van der Waals surface area contributed by atoms with E-state index in [0.29, 0.717) is 10.8 Å². The molecule has 0 aliphatic carbocycles. The first-order valence-corrected chi connectivity index (χ1v) is 4.45. The van der Waals surface area contributed by atoms with Crippen LogP contribution < -0.4 is 0 Å². The lowest BCUT2D eigenvalue weighted by atomic mass is 10.1. The van der Waals surface area contributed by atoms with Gasteiger partial charge in [-0.05, 0) is 12.2 Å². The molecule has 74 valence electrons. The van der Waals surface area contributed by atoms with E-state index in [4.69, 9.17) is 21.8 Å². The summed E-state index contributed by atoms with van der Waals surface area (Å²) in [5.41, 5.74) is 1.41. The molecule has 0 aromatic heterocycles. The number of thiocarbonyl (C=S) groups is 1. The van der Waals surface area contributed by atoms with Gasteiger partial charge in [0.25, 0.3) is 0 Å². The maximum Gasteiger partial charge on any atom is 0.213 e. The highest BCUT2D eigenvalue weighted by molar-refractivity contribution is 7.81. The van der Waals surface area contributed by atoms with Crippen LogP contribution in [0.4, 0.5) is 0 Å². The Bertz CT molecular complexity index is 335. The molecule has 1 aromatic carbocycles. The van der Waals surface area contributed by atoms with Gasteiger partial charge in [-0.2, -0.15) is 0 Å². The zero-order chi connectivity index (χ0) is 10.4. The van der Waals surface area contributed by atoms with Crippen LogP contribution in [0.1, 0.15) is 5.56 Å². The monoisotopic (exact) mass is 209 g/mol. The quantitative estimate of drug-likeness (QED) is 0.433. The summed E-state index contributed by atoms with van der Waals surface area (Å²) in [6, 6.07) is 9.51. The summed E-state index contributed by atoms with van der Waals surface area (Å²) in [6.07, 6.45) is 0. The summed E-state index contributed by atoms with van der Waals surface area (Å²) in [5, 5.41) is 4.13. The van der Waals surface area contributed by atoms with Crippen LogP contribution in [0, 0.1) is 0 Å². The summed E-state index contributed by atoms with van der Waals surface area (Å²) >= 11 is 4.99. The molecular weight excluding hydrogens is 198 g/mol. The molecular formula is C10H11NO2S. The van der Waals surface area contributed by atoms with Gasteiger partial charge in [0.1, 0.15) is 7.11 Å². The van der Waals surface area contributed by atoms with Gasteiger partial charge in [0.05, 0.1) is 7.11 Å². The van der Waals surface area contributed by atoms with Crippen molar-refractivity contribution >= 4 is 23.0 Å². The van der Waals surface area contributed by atoms with Crippen molar-refractivity contribution in [3.63, 3.8) is 0 Å². The van der Waals surface area contributed by atoms with Gasteiger partial charge in [-0.15, -0.1) is 0 Å². The van der Waals surface area contributed by atoms with Crippen LogP contribution in [0.5, 0.6) is 0 Å². The molecule has 0 saturated carbocycles. The molecule has 0 unspecified atom stereocenters. The van der Waals surface area contributed by atoms with Crippen molar-refractivity contribution in [2.24, 2.45) is 5.16 Å². The normalized spacial score (nSPS) is 10.9. The zero-order valence-electron chi connectivity index (χ0n) is 8.06. The van der Waals surface area contributed by atoms with E-state index < -0.39 is 0 Å². The van der Waals surface area contributed by atoms with Gasteiger partial charge in [-0.1, -0.05) is 35.5 Å². The molecule has 0 N–H and O–H groups in total. The van der Waals surface area contributed by atoms with Crippen molar-refractivity contribution < 1.29 is 9.57 Å². The van der Waals surface area contributed by atoms with E-state index in [0.717, 1.165) is 5.56 Å². The largest absolute Gasteiger partial charge is 0.485 e. The smallest absolute Gasteiger partial charge is 0.213 e. The third kappa shape index (κ3) is 2.53. The number of hydrogen-bond acceptors (Lipinski definition) is 4. The van der Waals surface area contributed by atoms with Crippen LogP contribution in [0.2, 0.25) is 0 Å². The molecule has 0 amide bonds. The first-order chi connectivity index (χ1) is 6.79. The van der Waals surface area contributed by atoms with Crippen LogP contribution >= 0.6 is 12.2 Å². The van der Waals surface area contributed by atoms with Crippen LogP contribution in [0.15, 0.2) is 35.5 Å². The van der Waals surface area contributed by atoms with Gasteiger partial charge in [0, 0.05) is 5.56 Å². The minimum absolute atomic E-state index is 0.318. The number of rotatable bonds is 3. The topological polar surface area (TPSA) is 30.8 Å². The Balaban J connectivity index is 3.02. The summed E-state index contributed by atoms with van der Waals surface area (Å²) < 4.78 is 4.94. The lowest BCUT2D eigenvalue weighted by Crippen LogP contribution is -2.15. The van der Waals surface area contributed by atoms with Crippen molar-refractivity contribution in [2.75, 3.05) is 14.2 Å². The molecule has 14 heavy (non-hydrogen) atoms. The number of benzene rings is 1. The number of oxime groups is 1. The Morgan fingerprint density at radius 3 is 2.36 bits per heavy atom. The minimum Gasteiger partial charge on any atom is -0.485 e. The van der Waals surface area contributed by atoms with Gasteiger partial charge in [-0.3, -0.25) is 0 Å². The number of methoxy groups -OCH3 is 1. The second-order valence-corrected chi connectivity index (χ2v) is 2.85. The third-order valence-electron chi connectivity index (χ3n) is 1.61. The maximum atomic E-state index is 4.99. The van der Waals surface area contributed by atoms with Gasteiger partial charge in [0.15, 0.2) is 5.71 Å². The Morgan fingerprint density at radius 1 is 1.21 bits per heavy atom. The minimum atomic E-state index is 0.318. The van der Waals surface area contributed by atoms with Crippen LogP contribution in [-0.2, 0) is 9.57 Å². The second kappa shape index (κ2) is 5.34. The fourth-order valence-corrected chi connectivity index (χ4v) is 1.15. The van der Waals surface area contributed by atoms with Gasteiger partial charge in [0.2, 0.25) is 5.05 Å². The molecule has 4 heteroatoms. The summed E-state index contributed by atoms with van der Waals surface area (Å²) in [7, 11) is 2.98. The Labute approximate surface area is 88.3 Å². The van der Waals surface area contributed by atoms with Crippen LogP contribution in [0.25, 0.3) is 0 Å². The highest BCUT2D eigenvalue weighted by Crippen LogP contribution is 2.04. The van der Waals surface area contributed by atoms with E-state index in [9.17, 15) is 0 Å². The molecule has 1 rings (SSSR count). The predicted molar refractivity (Wildman–Crippen MR) is 59.6 cm³/mol. The molecule has 0 aliphatic rings. The number of nitrogens with zero attached hydrogens (tertiary/aromatic N) is 1. The van der Waals surface area contributed by atoms with E-state index in [1.807, 2.05) is 30.3 Å². The molecule has 0 fully saturated rings. The lowest BCUT2D eigenvalue weighted by molar-refractivity contribution is 0.214. The average molecular weight is 209 g/mol. The van der Waals surface area contributed by atoms with Crippen molar-refractivity contribution in [1.29, 1.82) is 0 Å². The summed E-state index contributed by atoms with van der Waals surface area (Å²) in [4.78, 5) is 4.70. The van der Waals surface area contributed by atoms with E-state index >= 15 is 0 Å². The van der Waals surface area contributed by atoms with E-state index in [1.54, 1.807) is 0 Å². The van der Waals surface area contributed by atoms with Crippen molar-refractivity contribution in [1.82, 2.24) is 0 Å². The molecule has 3 nitrogen and oxygen atoms in total. The fourth-order valence-electron chi connectivity index (χ4n) is 0.992. The molecule has 0 spiro atoms. The molecule has 0 heterocycles. The highest BCUT2D eigenvalue weighted by atomic mass is 32.1. The first-order valence-electron chi connectivity index (χ1n) is 4.04. The second-order valence-electron chi connectivity index (χ2n) is 2.48. The molecule has 0 radical (unpaired) electrons. The maximum absolute atomic E-state index is 4.99. The Kier molecular flexibility index (Phi) is 4.07. The zero-order valence-corrected chi connectivity index (χ0v) is 8.88. The molecule has 0 aliphatic heterocycles. The van der Waals surface area contributed by atoms with Gasteiger partial charge >= 0.3 is 0 Å². The standard InChI is InChI=1S/C10H11NO2S/c1-12-10(14)9(11-13-2)8-6-4-3-5-7-8/h3-7H,1-2H3. The average Bonchev–Trinajstić information content (AvgIpc) is 2.26. The number of hydrogen-bond donors (Lipinski definition) is 0. The van der Waals surface area contributed by atoms with Gasteiger partial charge in [-0.25, -0.2) is 0 Å². The van der Waals surface area contributed by atoms with Gasteiger partial charge < -0.3 is 9.57 Å². The van der Waals surface area contributed by atoms with Crippen LogP contribution in [0.3, 0.4) is 0 Å². The highest BCUT2D eigenvalue weighted by Gasteiger charge is 2.10. The first kappa shape index (κ1) is 10.7. The van der Waals surface area contributed by atoms with Crippen molar-refractivity contribution in [3.8, 4) is 0 Å². The van der Waals surface area contributed by atoms with E-state index in [-0.39, 0.29) is 0 Å². The molecule has 0 bridgehead atoms.